The molecule has 1 heterocycles. The van der Waals surface area contributed by atoms with E-state index < -0.39 is 0 Å². The Morgan fingerprint density at radius 2 is 1.85 bits per heavy atom. The predicted molar refractivity (Wildman–Crippen MR) is 106 cm³/mol. The number of fused-ring (bicyclic) bond motifs is 1. The zero-order valence-electron chi connectivity index (χ0n) is 14.6. The van der Waals surface area contributed by atoms with Crippen LogP contribution in [-0.2, 0) is 11.3 Å². The predicted octanol–water partition coefficient (Wildman–Crippen LogP) is 2.57. The van der Waals surface area contributed by atoms with E-state index in [0.717, 1.165) is 16.7 Å². The Morgan fingerprint density at radius 3 is 2.58 bits per heavy atom. The highest BCUT2D eigenvalue weighted by Gasteiger charge is 2.08. The molecular formula is C18H20N6OS. The van der Waals surface area contributed by atoms with Gasteiger partial charge in [-0.05, 0) is 48.0 Å². The average Bonchev–Trinajstić information content (AvgIpc) is 3.03. The molecule has 0 spiro atoms. The molecule has 3 N–H and O–H groups in total. The summed E-state index contributed by atoms with van der Waals surface area (Å²) < 4.78 is 1.54. The van der Waals surface area contributed by atoms with Crippen LogP contribution in [0.25, 0.3) is 11.0 Å². The van der Waals surface area contributed by atoms with E-state index in [1.165, 1.54) is 10.2 Å². The third kappa shape index (κ3) is 4.34. The van der Waals surface area contributed by atoms with Crippen molar-refractivity contribution in [2.45, 2.75) is 26.3 Å². The summed E-state index contributed by atoms with van der Waals surface area (Å²) in [4.78, 5) is 12.1. The number of carbonyl (C=O) groups is 1. The van der Waals surface area contributed by atoms with Crippen molar-refractivity contribution in [2.75, 3.05) is 5.32 Å². The van der Waals surface area contributed by atoms with Crippen LogP contribution in [0.2, 0.25) is 0 Å². The number of nitrogens with one attached hydrogen (secondary N) is 3. The van der Waals surface area contributed by atoms with Gasteiger partial charge in [0.2, 0.25) is 0 Å². The summed E-state index contributed by atoms with van der Waals surface area (Å²) in [6, 6.07) is 15.5. The quantitative estimate of drug-likeness (QED) is 0.485. The number of hydrogen-bond acceptors (Lipinski definition) is 4. The molecule has 0 radical (unpaired) electrons. The number of rotatable bonds is 4. The van der Waals surface area contributed by atoms with Gasteiger partial charge in [0.1, 0.15) is 12.1 Å². The van der Waals surface area contributed by atoms with Gasteiger partial charge in [-0.25, -0.2) is 4.68 Å². The molecule has 8 heteroatoms. The second kappa shape index (κ2) is 7.92. The molecule has 3 aromatic rings. The van der Waals surface area contributed by atoms with E-state index in [2.05, 4.69) is 40.3 Å². The first-order valence-corrected chi connectivity index (χ1v) is 8.68. The molecule has 0 unspecified atom stereocenters. The van der Waals surface area contributed by atoms with Crippen LogP contribution in [0, 0.1) is 0 Å². The van der Waals surface area contributed by atoms with Crippen LogP contribution in [0.3, 0.4) is 0 Å². The van der Waals surface area contributed by atoms with Crippen molar-refractivity contribution in [1.29, 1.82) is 0 Å². The average molecular weight is 368 g/mol. The van der Waals surface area contributed by atoms with Gasteiger partial charge in [0.25, 0.3) is 5.91 Å². The Balaban J connectivity index is 1.50. The summed E-state index contributed by atoms with van der Waals surface area (Å²) in [5.74, 6) is 0.196. The fraction of sp³-hybridized carbons (Fsp3) is 0.222. The highest BCUT2D eigenvalue weighted by molar-refractivity contribution is 7.80. The van der Waals surface area contributed by atoms with Gasteiger partial charge in [0.15, 0.2) is 5.11 Å². The minimum Gasteiger partial charge on any atom is -0.331 e. The van der Waals surface area contributed by atoms with Crippen molar-refractivity contribution in [3.05, 3.63) is 54.1 Å². The van der Waals surface area contributed by atoms with Gasteiger partial charge in [-0.1, -0.05) is 43.3 Å². The smallest absolute Gasteiger partial charge is 0.260 e. The van der Waals surface area contributed by atoms with Gasteiger partial charge in [0, 0.05) is 5.69 Å². The van der Waals surface area contributed by atoms with E-state index in [1.54, 1.807) is 0 Å². The summed E-state index contributed by atoms with van der Waals surface area (Å²) in [5.41, 5.74) is 8.89. The zero-order chi connectivity index (χ0) is 18.5. The van der Waals surface area contributed by atoms with Crippen molar-refractivity contribution in [1.82, 2.24) is 25.8 Å². The SMILES string of the molecule is CC(C)c1ccc(NC(=S)NNC(=O)Cn2nnc3ccccc32)cc1. The maximum absolute atomic E-state index is 12.1. The van der Waals surface area contributed by atoms with Crippen LogP contribution < -0.4 is 16.2 Å². The third-order valence-corrected chi connectivity index (χ3v) is 4.07. The number of carbonyl (C=O) groups excluding carboxylic acids is 1. The molecule has 134 valence electrons. The first kappa shape index (κ1) is 17.8. The Labute approximate surface area is 156 Å². The van der Waals surface area contributed by atoms with Gasteiger partial charge < -0.3 is 5.32 Å². The molecule has 2 aromatic carbocycles. The monoisotopic (exact) mass is 368 g/mol. The first-order chi connectivity index (χ1) is 12.5. The minimum absolute atomic E-state index is 0.0409. The van der Waals surface area contributed by atoms with E-state index in [4.69, 9.17) is 12.2 Å². The summed E-state index contributed by atoms with van der Waals surface area (Å²) in [6.45, 7) is 4.32. The van der Waals surface area contributed by atoms with Crippen molar-refractivity contribution >= 4 is 40.0 Å². The van der Waals surface area contributed by atoms with Crippen LogP contribution in [0.1, 0.15) is 25.3 Å². The fourth-order valence-corrected chi connectivity index (χ4v) is 2.62. The Kier molecular flexibility index (Phi) is 5.43. The summed E-state index contributed by atoms with van der Waals surface area (Å²) in [5, 5.41) is 11.3. The molecule has 0 bridgehead atoms. The highest BCUT2D eigenvalue weighted by Crippen LogP contribution is 2.17. The van der Waals surface area contributed by atoms with E-state index in [1.807, 2.05) is 48.5 Å². The molecule has 0 saturated carbocycles. The van der Waals surface area contributed by atoms with Gasteiger partial charge in [-0.2, -0.15) is 0 Å². The topological polar surface area (TPSA) is 83.9 Å². The maximum Gasteiger partial charge on any atom is 0.260 e. The lowest BCUT2D eigenvalue weighted by atomic mass is 10.0. The number of aromatic nitrogens is 3. The van der Waals surface area contributed by atoms with Crippen LogP contribution >= 0.6 is 12.2 Å². The number of benzene rings is 2. The van der Waals surface area contributed by atoms with E-state index in [-0.39, 0.29) is 12.5 Å². The first-order valence-electron chi connectivity index (χ1n) is 8.27. The minimum atomic E-state index is -0.278. The van der Waals surface area contributed by atoms with Crippen molar-refractivity contribution in [3.63, 3.8) is 0 Å². The lowest BCUT2D eigenvalue weighted by molar-refractivity contribution is -0.122. The number of thiocarbonyl (C=S) groups is 1. The Hall–Kier alpha value is -3.00. The van der Waals surface area contributed by atoms with Gasteiger partial charge >= 0.3 is 0 Å². The molecule has 0 aliphatic rings. The lowest BCUT2D eigenvalue weighted by Gasteiger charge is -2.12. The van der Waals surface area contributed by atoms with E-state index in [0.29, 0.717) is 11.0 Å². The van der Waals surface area contributed by atoms with E-state index >= 15 is 0 Å². The number of hydrogen-bond donors (Lipinski definition) is 3. The molecule has 26 heavy (non-hydrogen) atoms. The molecule has 1 aromatic heterocycles. The molecule has 0 aliphatic carbocycles. The molecule has 0 fully saturated rings. The van der Waals surface area contributed by atoms with Crippen LogP contribution in [-0.4, -0.2) is 26.0 Å². The second-order valence-corrected chi connectivity index (χ2v) is 6.55. The van der Waals surface area contributed by atoms with Crippen molar-refractivity contribution in [3.8, 4) is 0 Å². The standard InChI is InChI=1S/C18H20N6OS/c1-12(2)13-7-9-14(10-8-13)19-18(26)22-21-17(25)11-24-16-6-4-3-5-15(16)20-23-24/h3-10,12H,11H2,1-2H3,(H,21,25)(H2,19,22,26). The van der Waals surface area contributed by atoms with Gasteiger partial charge in [-0.15, -0.1) is 5.10 Å². The summed E-state index contributed by atoms with van der Waals surface area (Å²) in [6.07, 6.45) is 0. The third-order valence-electron chi connectivity index (χ3n) is 3.86. The fourth-order valence-electron chi connectivity index (χ4n) is 2.45. The van der Waals surface area contributed by atoms with Crippen LogP contribution in [0.15, 0.2) is 48.5 Å². The van der Waals surface area contributed by atoms with Gasteiger partial charge in [-0.3, -0.25) is 15.6 Å². The van der Waals surface area contributed by atoms with Gasteiger partial charge in [0.05, 0.1) is 5.52 Å². The molecule has 0 saturated heterocycles. The molecular weight excluding hydrogens is 348 g/mol. The number of hydrazine groups is 1. The Bertz CT molecular complexity index is 919. The Morgan fingerprint density at radius 1 is 1.12 bits per heavy atom. The highest BCUT2D eigenvalue weighted by atomic mass is 32.1. The maximum atomic E-state index is 12.1. The summed E-state index contributed by atoms with van der Waals surface area (Å²) in [7, 11) is 0. The van der Waals surface area contributed by atoms with E-state index in [9.17, 15) is 4.79 Å². The second-order valence-electron chi connectivity index (χ2n) is 6.14. The largest absolute Gasteiger partial charge is 0.331 e. The van der Waals surface area contributed by atoms with Crippen LogP contribution in [0.5, 0.6) is 0 Å². The molecule has 1 amide bonds. The summed E-state index contributed by atoms with van der Waals surface area (Å²) >= 11 is 5.19. The number of para-hydroxylation sites is 1. The number of anilines is 1. The van der Waals surface area contributed by atoms with Crippen molar-refractivity contribution < 1.29 is 4.79 Å². The molecule has 0 atom stereocenters. The number of amides is 1. The van der Waals surface area contributed by atoms with Crippen molar-refractivity contribution in [2.24, 2.45) is 0 Å². The number of nitrogens with zero attached hydrogens (tertiary/aromatic N) is 3. The lowest BCUT2D eigenvalue weighted by Crippen LogP contribution is -2.45. The molecule has 7 nitrogen and oxygen atoms in total. The molecule has 0 aliphatic heterocycles. The zero-order valence-corrected chi connectivity index (χ0v) is 15.4. The molecule has 3 rings (SSSR count). The normalized spacial score (nSPS) is 10.7. The van der Waals surface area contributed by atoms with Crippen LogP contribution in [0.4, 0.5) is 5.69 Å².